The molecule has 0 aliphatic rings. The van der Waals surface area contributed by atoms with E-state index in [1.54, 1.807) is 6.07 Å². The van der Waals surface area contributed by atoms with Crippen molar-refractivity contribution >= 4 is 5.97 Å². The fraction of sp³-hybridized carbons (Fsp3) is 0.125. The minimum atomic E-state index is -1.33. The van der Waals surface area contributed by atoms with Crippen LogP contribution in [0.25, 0.3) is 0 Å². The SMILES string of the molecule is N#C[C@@H](C(=O)O)c1ccc(F)cn1. The van der Waals surface area contributed by atoms with Crippen molar-refractivity contribution in [1.29, 1.82) is 5.26 Å². The molecule has 0 amide bonds. The van der Waals surface area contributed by atoms with Gasteiger partial charge < -0.3 is 5.11 Å². The molecule has 0 unspecified atom stereocenters. The summed E-state index contributed by atoms with van der Waals surface area (Å²) >= 11 is 0. The topological polar surface area (TPSA) is 74.0 Å². The Balaban J connectivity index is 3.01. The average Bonchev–Trinajstić information content (AvgIpc) is 2.09. The Kier molecular flexibility index (Phi) is 2.55. The number of rotatable bonds is 2. The molecule has 1 heterocycles. The fourth-order valence-corrected chi connectivity index (χ4v) is 0.806. The standard InChI is InChI=1S/C8H5FN2O2/c9-5-1-2-7(11-4-5)6(3-10)8(12)13/h1-2,4,6H,(H,12,13)/t6-/m1/s1. The molecule has 1 atom stereocenters. The van der Waals surface area contributed by atoms with Crippen LogP contribution >= 0.6 is 0 Å². The summed E-state index contributed by atoms with van der Waals surface area (Å²) in [5.41, 5.74) is 0.0383. The van der Waals surface area contributed by atoms with Crippen LogP contribution in [0.15, 0.2) is 18.3 Å². The molecular formula is C8H5FN2O2. The van der Waals surface area contributed by atoms with E-state index in [0.717, 1.165) is 12.3 Å². The maximum atomic E-state index is 12.4. The quantitative estimate of drug-likeness (QED) is 0.734. The van der Waals surface area contributed by atoms with Crippen LogP contribution in [0.2, 0.25) is 0 Å². The number of nitrogens with zero attached hydrogens (tertiary/aromatic N) is 2. The molecule has 1 aromatic rings. The highest BCUT2D eigenvalue weighted by Gasteiger charge is 2.20. The minimum Gasteiger partial charge on any atom is -0.480 e. The van der Waals surface area contributed by atoms with Crippen LogP contribution < -0.4 is 0 Å². The first kappa shape index (κ1) is 9.13. The van der Waals surface area contributed by atoms with E-state index in [0.29, 0.717) is 0 Å². The Morgan fingerprint density at radius 1 is 1.69 bits per heavy atom. The third-order valence-electron chi connectivity index (χ3n) is 1.42. The predicted octanol–water partition coefficient (Wildman–Crippen LogP) is 0.912. The van der Waals surface area contributed by atoms with Crippen LogP contribution in [0.1, 0.15) is 11.6 Å². The van der Waals surface area contributed by atoms with Crippen molar-refractivity contribution < 1.29 is 14.3 Å². The summed E-state index contributed by atoms with van der Waals surface area (Å²) in [6, 6.07) is 3.80. The maximum absolute atomic E-state index is 12.4. The smallest absolute Gasteiger partial charge is 0.327 e. The van der Waals surface area contributed by atoms with E-state index < -0.39 is 17.7 Å². The number of nitriles is 1. The first-order valence-corrected chi connectivity index (χ1v) is 3.39. The lowest BCUT2D eigenvalue weighted by molar-refractivity contribution is -0.137. The van der Waals surface area contributed by atoms with Crippen LogP contribution in [0.4, 0.5) is 4.39 Å². The van der Waals surface area contributed by atoms with Gasteiger partial charge in [-0.1, -0.05) is 0 Å². The van der Waals surface area contributed by atoms with E-state index >= 15 is 0 Å². The molecule has 0 aliphatic carbocycles. The Labute approximate surface area is 73.3 Å². The molecule has 0 saturated heterocycles. The molecule has 4 nitrogen and oxygen atoms in total. The molecule has 0 spiro atoms. The number of halogens is 1. The van der Waals surface area contributed by atoms with Crippen molar-refractivity contribution in [2.75, 3.05) is 0 Å². The average molecular weight is 180 g/mol. The van der Waals surface area contributed by atoms with Crippen molar-refractivity contribution in [2.45, 2.75) is 5.92 Å². The van der Waals surface area contributed by atoms with Crippen molar-refractivity contribution in [3.05, 3.63) is 29.8 Å². The van der Waals surface area contributed by atoms with E-state index in [-0.39, 0.29) is 5.69 Å². The van der Waals surface area contributed by atoms with Crippen LogP contribution in [0, 0.1) is 17.1 Å². The highest BCUT2D eigenvalue weighted by atomic mass is 19.1. The van der Waals surface area contributed by atoms with E-state index in [9.17, 15) is 9.18 Å². The van der Waals surface area contributed by atoms with Gasteiger partial charge in [-0.15, -0.1) is 0 Å². The van der Waals surface area contributed by atoms with Gasteiger partial charge in [0.05, 0.1) is 18.0 Å². The van der Waals surface area contributed by atoms with Gasteiger partial charge in [-0.05, 0) is 12.1 Å². The van der Waals surface area contributed by atoms with Gasteiger partial charge in [-0.2, -0.15) is 5.26 Å². The largest absolute Gasteiger partial charge is 0.480 e. The Hall–Kier alpha value is -1.96. The van der Waals surface area contributed by atoms with Crippen molar-refractivity contribution in [2.24, 2.45) is 0 Å². The number of carboxylic acids is 1. The number of hydrogen-bond donors (Lipinski definition) is 1. The van der Waals surface area contributed by atoms with Crippen molar-refractivity contribution in [3.63, 3.8) is 0 Å². The molecule has 13 heavy (non-hydrogen) atoms. The Morgan fingerprint density at radius 3 is 2.77 bits per heavy atom. The minimum absolute atomic E-state index is 0.0383. The summed E-state index contributed by atoms with van der Waals surface area (Å²) in [6.45, 7) is 0. The number of aliphatic carboxylic acids is 1. The molecule has 1 aromatic heterocycles. The van der Waals surface area contributed by atoms with Crippen LogP contribution in [-0.2, 0) is 4.79 Å². The van der Waals surface area contributed by atoms with E-state index in [4.69, 9.17) is 10.4 Å². The zero-order chi connectivity index (χ0) is 9.84. The summed E-state index contributed by atoms with van der Waals surface area (Å²) in [4.78, 5) is 14.0. The van der Waals surface area contributed by atoms with Crippen LogP contribution in [0.3, 0.4) is 0 Å². The van der Waals surface area contributed by atoms with Gasteiger partial charge >= 0.3 is 5.97 Å². The number of aromatic nitrogens is 1. The maximum Gasteiger partial charge on any atom is 0.327 e. The third kappa shape index (κ3) is 1.99. The molecule has 5 heteroatoms. The highest BCUT2D eigenvalue weighted by Crippen LogP contribution is 2.12. The Bertz CT molecular complexity index is 355. The molecule has 66 valence electrons. The van der Waals surface area contributed by atoms with Gasteiger partial charge in [0.2, 0.25) is 0 Å². The summed E-state index contributed by atoms with van der Waals surface area (Å²) in [6.07, 6.45) is 0.878. The molecular weight excluding hydrogens is 175 g/mol. The van der Waals surface area contributed by atoms with Crippen molar-refractivity contribution in [1.82, 2.24) is 4.98 Å². The van der Waals surface area contributed by atoms with Crippen molar-refractivity contribution in [3.8, 4) is 6.07 Å². The van der Waals surface area contributed by atoms with Gasteiger partial charge in [0.1, 0.15) is 5.82 Å². The zero-order valence-electron chi connectivity index (χ0n) is 6.44. The van der Waals surface area contributed by atoms with Gasteiger partial charge in [0.15, 0.2) is 5.92 Å². The lowest BCUT2D eigenvalue weighted by atomic mass is 10.1. The van der Waals surface area contributed by atoms with E-state index in [1.165, 1.54) is 6.07 Å². The monoisotopic (exact) mass is 180 g/mol. The summed E-state index contributed by atoms with van der Waals surface area (Å²) in [7, 11) is 0. The second kappa shape index (κ2) is 3.63. The number of hydrogen-bond acceptors (Lipinski definition) is 3. The van der Waals surface area contributed by atoms with E-state index in [1.807, 2.05) is 0 Å². The normalized spacial score (nSPS) is 11.7. The van der Waals surface area contributed by atoms with Crippen LogP contribution in [-0.4, -0.2) is 16.1 Å². The third-order valence-corrected chi connectivity index (χ3v) is 1.42. The zero-order valence-corrected chi connectivity index (χ0v) is 6.44. The second-order valence-electron chi connectivity index (χ2n) is 2.30. The van der Waals surface area contributed by atoms with Gasteiger partial charge in [0.25, 0.3) is 0 Å². The first-order chi connectivity index (χ1) is 6.15. The van der Waals surface area contributed by atoms with Gasteiger partial charge in [-0.25, -0.2) is 4.39 Å². The molecule has 0 aromatic carbocycles. The molecule has 0 bridgehead atoms. The summed E-state index contributed by atoms with van der Waals surface area (Å²) in [5, 5.41) is 17.0. The summed E-state index contributed by atoms with van der Waals surface area (Å²) in [5.74, 6) is -3.19. The van der Waals surface area contributed by atoms with Crippen LogP contribution in [0.5, 0.6) is 0 Å². The first-order valence-electron chi connectivity index (χ1n) is 3.39. The fourth-order valence-electron chi connectivity index (χ4n) is 0.806. The molecule has 0 aliphatic heterocycles. The van der Waals surface area contributed by atoms with Gasteiger partial charge in [0, 0.05) is 0 Å². The summed E-state index contributed by atoms with van der Waals surface area (Å²) < 4.78 is 12.4. The molecule has 0 saturated carbocycles. The number of carboxylic acid groups (broad SMARTS) is 1. The molecule has 1 N–H and O–H groups in total. The lowest BCUT2D eigenvalue weighted by Crippen LogP contribution is -2.10. The number of carbonyl (C=O) groups is 1. The molecule has 0 radical (unpaired) electrons. The Morgan fingerprint density at radius 2 is 2.38 bits per heavy atom. The molecule has 0 fully saturated rings. The molecule has 1 rings (SSSR count). The van der Waals surface area contributed by atoms with Gasteiger partial charge in [-0.3, -0.25) is 9.78 Å². The predicted molar refractivity (Wildman–Crippen MR) is 40.2 cm³/mol. The highest BCUT2D eigenvalue weighted by molar-refractivity contribution is 5.78. The van der Waals surface area contributed by atoms with E-state index in [2.05, 4.69) is 4.98 Å². The second-order valence-corrected chi connectivity index (χ2v) is 2.30. The number of pyridine rings is 1. The lowest BCUT2D eigenvalue weighted by Gasteiger charge is -2.01.